The van der Waals surface area contributed by atoms with E-state index in [0.29, 0.717) is 23.0 Å². The van der Waals surface area contributed by atoms with Gasteiger partial charge < -0.3 is 30.4 Å². The summed E-state index contributed by atoms with van der Waals surface area (Å²) in [6.07, 6.45) is 7.75. The third-order valence-corrected chi connectivity index (χ3v) is 7.66. The van der Waals surface area contributed by atoms with E-state index in [1.54, 1.807) is 20.1 Å². The highest BCUT2D eigenvalue weighted by Crippen LogP contribution is 2.46. The van der Waals surface area contributed by atoms with Gasteiger partial charge in [-0.2, -0.15) is 4.98 Å². The Morgan fingerprint density at radius 2 is 2.00 bits per heavy atom. The lowest BCUT2D eigenvalue weighted by molar-refractivity contribution is -0.129. The second kappa shape index (κ2) is 8.12. The van der Waals surface area contributed by atoms with E-state index < -0.39 is 5.60 Å². The minimum absolute atomic E-state index is 0.180. The van der Waals surface area contributed by atoms with Crippen molar-refractivity contribution in [2.45, 2.75) is 51.6 Å². The molecule has 9 heteroatoms. The van der Waals surface area contributed by atoms with Gasteiger partial charge in [-0.05, 0) is 69.2 Å². The number of hydrogen-bond donors (Lipinski definition) is 3. The zero-order valence-corrected chi connectivity index (χ0v) is 20.3. The molecule has 1 aliphatic carbocycles. The van der Waals surface area contributed by atoms with E-state index in [1.807, 2.05) is 24.3 Å². The fourth-order valence-corrected chi connectivity index (χ4v) is 5.25. The Balaban J connectivity index is 1.24. The van der Waals surface area contributed by atoms with Gasteiger partial charge in [0.15, 0.2) is 17.0 Å². The van der Waals surface area contributed by atoms with Gasteiger partial charge in [-0.15, -0.1) is 0 Å². The number of furan rings is 1. The first-order valence-electron chi connectivity index (χ1n) is 12.5. The van der Waals surface area contributed by atoms with Gasteiger partial charge in [-0.1, -0.05) is 12.8 Å². The Morgan fingerprint density at radius 3 is 2.74 bits per heavy atom. The zero-order valence-electron chi connectivity index (χ0n) is 20.3. The smallest absolute Gasteiger partial charge is 0.268 e. The Labute approximate surface area is 204 Å². The SMILES string of the molecule is CC1(C)Oc2ccc(Nc3nc(N4CCC(CN)(CC5CC5)CC4)c4occc4n3)cc2NC1=O. The minimum Gasteiger partial charge on any atom is -0.476 e. The predicted molar refractivity (Wildman–Crippen MR) is 135 cm³/mol. The summed E-state index contributed by atoms with van der Waals surface area (Å²) in [6.45, 7) is 6.04. The van der Waals surface area contributed by atoms with Crippen LogP contribution >= 0.6 is 0 Å². The van der Waals surface area contributed by atoms with E-state index in [4.69, 9.17) is 19.9 Å². The van der Waals surface area contributed by atoms with Gasteiger partial charge in [-0.3, -0.25) is 4.79 Å². The summed E-state index contributed by atoms with van der Waals surface area (Å²) in [7, 11) is 0. The summed E-state index contributed by atoms with van der Waals surface area (Å²) in [6, 6.07) is 7.42. The second-order valence-electron chi connectivity index (χ2n) is 10.7. The molecule has 2 aliphatic heterocycles. The molecule has 184 valence electrons. The van der Waals surface area contributed by atoms with Crippen LogP contribution in [0.1, 0.15) is 46.0 Å². The molecule has 3 aliphatic rings. The van der Waals surface area contributed by atoms with Crippen molar-refractivity contribution in [3.05, 3.63) is 30.5 Å². The standard InChI is InChI=1S/C26H32N6O3/c1-25(2)23(33)29-19-13-17(5-6-20(19)35-25)28-24-30-18-7-12-34-21(18)22(31-24)32-10-8-26(15-27,9-11-32)14-16-3-4-16/h5-7,12-13,16H,3-4,8-11,14-15,27H2,1-2H3,(H,29,33)(H,28,30,31). The van der Waals surface area contributed by atoms with E-state index in [0.717, 1.165) is 55.4 Å². The number of fused-ring (bicyclic) bond motifs is 2. The molecule has 0 bridgehead atoms. The molecule has 6 rings (SSSR count). The third-order valence-electron chi connectivity index (χ3n) is 7.66. The first-order valence-corrected chi connectivity index (χ1v) is 12.5. The maximum Gasteiger partial charge on any atom is 0.268 e. The van der Waals surface area contributed by atoms with Crippen LogP contribution in [0.3, 0.4) is 0 Å². The normalized spacial score (nSPS) is 20.8. The Kier molecular flexibility index (Phi) is 5.14. The molecule has 2 aromatic heterocycles. The number of rotatable bonds is 6. The molecule has 0 spiro atoms. The van der Waals surface area contributed by atoms with E-state index in [1.165, 1.54) is 19.3 Å². The number of nitrogens with one attached hydrogen (secondary N) is 2. The van der Waals surface area contributed by atoms with Gasteiger partial charge in [0.2, 0.25) is 5.95 Å². The number of anilines is 4. The highest BCUT2D eigenvalue weighted by molar-refractivity contribution is 6.00. The molecule has 1 amide bonds. The van der Waals surface area contributed by atoms with Crippen LogP contribution in [0, 0.1) is 11.3 Å². The van der Waals surface area contributed by atoms with Crippen molar-refractivity contribution in [1.82, 2.24) is 9.97 Å². The Bertz CT molecular complexity index is 1270. The average Bonchev–Trinajstić information content (AvgIpc) is 3.52. The number of aromatic nitrogens is 2. The number of carbonyl (C=O) groups is 1. The number of ether oxygens (including phenoxy) is 1. The summed E-state index contributed by atoms with van der Waals surface area (Å²) in [5.74, 6) is 2.60. The van der Waals surface area contributed by atoms with Gasteiger partial charge in [-0.25, -0.2) is 4.98 Å². The van der Waals surface area contributed by atoms with Crippen molar-refractivity contribution in [3.63, 3.8) is 0 Å². The predicted octanol–water partition coefficient (Wildman–Crippen LogP) is 4.42. The molecule has 35 heavy (non-hydrogen) atoms. The zero-order chi connectivity index (χ0) is 24.2. The molecule has 1 aromatic carbocycles. The minimum atomic E-state index is -0.902. The van der Waals surface area contributed by atoms with E-state index in [9.17, 15) is 4.79 Å². The van der Waals surface area contributed by atoms with Crippen molar-refractivity contribution in [2.75, 3.05) is 35.2 Å². The molecule has 0 radical (unpaired) electrons. The summed E-state index contributed by atoms with van der Waals surface area (Å²) >= 11 is 0. The quantitative estimate of drug-likeness (QED) is 0.478. The summed E-state index contributed by atoms with van der Waals surface area (Å²) < 4.78 is 11.6. The van der Waals surface area contributed by atoms with E-state index in [-0.39, 0.29) is 11.3 Å². The molecule has 0 unspecified atom stereocenters. The van der Waals surface area contributed by atoms with Crippen molar-refractivity contribution in [1.29, 1.82) is 0 Å². The number of amides is 1. The van der Waals surface area contributed by atoms with E-state index >= 15 is 0 Å². The lowest BCUT2D eigenvalue weighted by Gasteiger charge is -2.42. The van der Waals surface area contributed by atoms with Crippen LogP contribution in [0.15, 0.2) is 34.9 Å². The lowest BCUT2D eigenvalue weighted by Crippen LogP contribution is -2.45. The molecule has 0 atom stereocenters. The number of piperidine rings is 1. The van der Waals surface area contributed by atoms with Crippen LogP contribution in [-0.2, 0) is 4.79 Å². The lowest BCUT2D eigenvalue weighted by atomic mass is 9.74. The molecular formula is C26H32N6O3. The van der Waals surface area contributed by atoms with Crippen LogP contribution in [0.2, 0.25) is 0 Å². The van der Waals surface area contributed by atoms with Crippen LogP contribution in [-0.4, -0.2) is 41.1 Å². The third kappa shape index (κ3) is 4.18. The van der Waals surface area contributed by atoms with Gasteiger partial charge in [0.25, 0.3) is 5.91 Å². The fraction of sp³-hybridized carbons (Fsp3) is 0.500. The number of carbonyl (C=O) groups excluding carboxylic acids is 1. The largest absolute Gasteiger partial charge is 0.476 e. The molecule has 1 saturated heterocycles. The second-order valence-corrected chi connectivity index (χ2v) is 10.7. The van der Waals surface area contributed by atoms with Crippen LogP contribution in [0.25, 0.3) is 11.1 Å². The Morgan fingerprint density at radius 1 is 1.20 bits per heavy atom. The van der Waals surface area contributed by atoms with Crippen molar-refractivity contribution in [3.8, 4) is 5.75 Å². The summed E-state index contributed by atoms with van der Waals surface area (Å²) in [4.78, 5) is 24.1. The summed E-state index contributed by atoms with van der Waals surface area (Å²) in [5.41, 5.74) is 8.42. The highest BCUT2D eigenvalue weighted by Gasteiger charge is 2.39. The van der Waals surface area contributed by atoms with Gasteiger partial charge in [0.05, 0.1) is 12.0 Å². The highest BCUT2D eigenvalue weighted by atomic mass is 16.5. The molecule has 2 fully saturated rings. The maximum atomic E-state index is 12.3. The molecule has 9 nitrogen and oxygen atoms in total. The number of benzene rings is 1. The first-order chi connectivity index (χ1) is 16.8. The number of nitrogens with zero attached hydrogens (tertiary/aromatic N) is 3. The Hall–Kier alpha value is -3.33. The van der Waals surface area contributed by atoms with Crippen LogP contribution in [0.5, 0.6) is 5.75 Å². The molecule has 1 saturated carbocycles. The molecular weight excluding hydrogens is 444 g/mol. The van der Waals surface area contributed by atoms with Crippen LogP contribution < -0.4 is 26.0 Å². The molecule has 3 aromatic rings. The number of nitrogens with two attached hydrogens (primary N) is 1. The molecule has 4 heterocycles. The topological polar surface area (TPSA) is 119 Å². The van der Waals surface area contributed by atoms with Gasteiger partial charge in [0, 0.05) is 24.8 Å². The first kappa shape index (κ1) is 22.2. The van der Waals surface area contributed by atoms with Crippen molar-refractivity contribution >= 4 is 40.1 Å². The van der Waals surface area contributed by atoms with Crippen molar-refractivity contribution < 1.29 is 13.9 Å². The van der Waals surface area contributed by atoms with Crippen LogP contribution in [0.4, 0.5) is 23.1 Å². The fourth-order valence-electron chi connectivity index (χ4n) is 5.25. The average molecular weight is 477 g/mol. The summed E-state index contributed by atoms with van der Waals surface area (Å²) in [5, 5.41) is 6.21. The van der Waals surface area contributed by atoms with E-state index in [2.05, 4.69) is 20.5 Å². The maximum absolute atomic E-state index is 12.3. The van der Waals surface area contributed by atoms with Crippen molar-refractivity contribution in [2.24, 2.45) is 17.1 Å². The number of hydrogen-bond acceptors (Lipinski definition) is 8. The van der Waals surface area contributed by atoms with Gasteiger partial charge >= 0.3 is 0 Å². The molecule has 4 N–H and O–H groups in total. The monoisotopic (exact) mass is 476 g/mol. The van der Waals surface area contributed by atoms with Gasteiger partial charge in [0.1, 0.15) is 11.3 Å².